The lowest BCUT2D eigenvalue weighted by atomic mass is 9.87. The Hall–Kier alpha value is -4.01. The second kappa shape index (κ2) is 10.9. The van der Waals surface area contributed by atoms with Crippen LogP contribution in [-0.2, 0) is 4.79 Å². The first-order chi connectivity index (χ1) is 16.9. The molecule has 0 spiro atoms. The van der Waals surface area contributed by atoms with Crippen molar-refractivity contribution in [1.29, 1.82) is 0 Å². The molecule has 1 aromatic heterocycles. The Kier molecular flexibility index (Phi) is 7.54. The van der Waals surface area contributed by atoms with E-state index in [2.05, 4.69) is 15.6 Å². The van der Waals surface area contributed by atoms with Crippen molar-refractivity contribution in [3.05, 3.63) is 59.8 Å². The van der Waals surface area contributed by atoms with Gasteiger partial charge in [0.05, 0.1) is 19.1 Å². The number of carboxylic acids is 1. The number of hydrogen-bond donors (Lipinski definition) is 4. The first-order valence-electron chi connectivity index (χ1n) is 11.7. The minimum atomic E-state index is -0.739. The Morgan fingerprint density at radius 1 is 0.914 bits per heavy atom. The lowest BCUT2D eigenvalue weighted by Crippen LogP contribution is -2.34. The Morgan fingerprint density at radius 3 is 2.23 bits per heavy atom. The summed E-state index contributed by atoms with van der Waals surface area (Å²) in [6.07, 6.45) is 2.64. The fraction of sp³-hybridized carbons (Fsp3) is 0.346. The summed E-state index contributed by atoms with van der Waals surface area (Å²) in [4.78, 5) is 38.9. The van der Waals surface area contributed by atoms with E-state index in [0.29, 0.717) is 48.4 Å². The lowest BCUT2D eigenvalue weighted by Gasteiger charge is -2.26. The maximum absolute atomic E-state index is 12.4. The zero-order valence-corrected chi connectivity index (χ0v) is 19.5. The highest BCUT2D eigenvalue weighted by Crippen LogP contribution is 2.28. The molecule has 1 aliphatic rings. The number of H-pyrrole nitrogens is 1. The van der Waals surface area contributed by atoms with E-state index in [1.54, 1.807) is 37.4 Å². The number of ether oxygens (including phenoxy) is 2. The van der Waals surface area contributed by atoms with Gasteiger partial charge in [-0.15, -0.1) is 0 Å². The van der Waals surface area contributed by atoms with Crippen LogP contribution in [-0.4, -0.2) is 54.2 Å². The molecule has 4 rings (SSSR count). The normalized spacial score (nSPS) is 17.5. The molecule has 1 aliphatic carbocycles. The molecule has 1 heterocycles. The maximum atomic E-state index is 12.4. The third-order valence-corrected chi connectivity index (χ3v) is 6.21. The summed E-state index contributed by atoms with van der Waals surface area (Å²) in [5.74, 6) is -0.159. The number of fused-ring (bicyclic) bond motifs is 1. The predicted molar refractivity (Wildman–Crippen MR) is 130 cm³/mol. The van der Waals surface area contributed by atoms with Crippen LogP contribution in [0.2, 0.25) is 0 Å². The molecule has 3 aromatic rings. The Bertz CT molecular complexity index is 1200. The number of carboxylic acid groups (broad SMARTS) is 1. The van der Waals surface area contributed by atoms with Crippen molar-refractivity contribution in [2.45, 2.75) is 31.8 Å². The first-order valence-corrected chi connectivity index (χ1v) is 11.7. The molecule has 0 saturated heterocycles. The molecule has 1 fully saturated rings. The number of aliphatic carboxylic acids is 1. The van der Waals surface area contributed by atoms with E-state index in [1.807, 2.05) is 18.2 Å². The van der Waals surface area contributed by atoms with Gasteiger partial charge in [0, 0.05) is 35.6 Å². The van der Waals surface area contributed by atoms with Gasteiger partial charge in [0.15, 0.2) is 0 Å². The SMILES string of the molecule is COc1ccc2cc(C(=O)NCCNC(=O)c3ccc(OC4CCC(C(=O)O)CC4)cc3)[nH]c2c1. The summed E-state index contributed by atoms with van der Waals surface area (Å²) in [6, 6.07) is 14.2. The van der Waals surface area contributed by atoms with Crippen LogP contribution in [0.3, 0.4) is 0 Å². The number of carbonyl (C=O) groups excluding carboxylic acids is 2. The van der Waals surface area contributed by atoms with Crippen LogP contribution in [0.25, 0.3) is 10.9 Å². The van der Waals surface area contributed by atoms with Crippen LogP contribution in [0.15, 0.2) is 48.5 Å². The third kappa shape index (κ3) is 6.11. The van der Waals surface area contributed by atoms with E-state index in [1.165, 1.54) is 0 Å². The van der Waals surface area contributed by atoms with Gasteiger partial charge in [0.25, 0.3) is 11.8 Å². The van der Waals surface area contributed by atoms with Crippen molar-refractivity contribution >= 4 is 28.7 Å². The van der Waals surface area contributed by atoms with Crippen LogP contribution in [0.1, 0.15) is 46.5 Å². The number of benzene rings is 2. The second-order valence-corrected chi connectivity index (χ2v) is 8.60. The van der Waals surface area contributed by atoms with E-state index < -0.39 is 5.97 Å². The lowest BCUT2D eigenvalue weighted by molar-refractivity contribution is -0.143. The number of carbonyl (C=O) groups is 3. The molecular formula is C26H29N3O6. The van der Waals surface area contributed by atoms with Crippen molar-refractivity contribution in [1.82, 2.24) is 15.6 Å². The number of aromatic nitrogens is 1. The molecule has 184 valence electrons. The fourth-order valence-corrected chi connectivity index (χ4v) is 4.21. The smallest absolute Gasteiger partial charge is 0.306 e. The average molecular weight is 480 g/mol. The van der Waals surface area contributed by atoms with Crippen LogP contribution in [0, 0.1) is 5.92 Å². The molecule has 0 bridgehead atoms. The van der Waals surface area contributed by atoms with Crippen molar-refractivity contribution in [2.24, 2.45) is 5.92 Å². The highest BCUT2D eigenvalue weighted by molar-refractivity contribution is 5.98. The molecule has 0 atom stereocenters. The molecule has 0 radical (unpaired) electrons. The monoisotopic (exact) mass is 479 g/mol. The van der Waals surface area contributed by atoms with Gasteiger partial charge < -0.3 is 30.2 Å². The molecule has 4 N–H and O–H groups in total. The third-order valence-electron chi connectivity index (χ3n) is 6.21. The number of aromatic amines is 1. The van der Waals surface area contributed by atoms with E-state index in [9.17, 15) is 14.4 Å². The summed E-state index contributed by atoms with van der Waals surface area (Å²) < 4.78 is 11.1. The zero-order chi connectivity index (χ0) is 24.8. The topological polar surface area (TPSA) is 130 Å². The zero-order valence-electron chi connectivity index (χ0n) is 19.5. The van der Waals surface area contributed by atoms with Crippen molar-refractivity contribution in [2.75, 3.05) is 20.2 Å². The molecule has 0 unspecified atom stereocenters. The van der Waals surface area contributed by atoms with Gasteiger partial charge in [-0.25, -0.2) is 0 Å². The average Bonchev–Trinajstić information content (AvgIpc) is 3.30. The Morgan fingerprint density at radius 2 is 1.57 bits per heavy atom. The van der Waals surface area contributed by atoms with Gasteiger partial charge in [-0.05, 0) is 68.1 Å². The Labute approximate surface area is 202 Å². The minimum Gasteiger partial charge on any atom is -0.497 e. The van der Waals surface area contributed by atoms with E-state index >= 15 is 0 Å². The fourth-order valence-electron chi connectivity index (χ4n) is 4.21. The molecule has 1 saturated carbocycles. The van der Waals surface area contributed by atoms with Crippen molar-refractivity contribution in [3.63, 3.8) is 0 Å². The molecule has 9 heteroatoms. The summed E-state index contributed by atoms with van der Waals surface area (Å²) in [5, 5.41) is 15.6. The van der Waals surface area contributed by atoms with Crippen LogP contribution < -0.4 is 20.1 Å². The maximum Gasteiger partial charge on any atom is 0.306 e. The summed E-state index contributed by atoms with van der Waals surface area (Å²) in [7, 11) is 1.59. The van der Waals surface area contributed by atoms with E-state index in [0.717, 1.165) is 10.9 Å². The molecular weight excluding hydrogens is 450 g/mol. The number of amides is 2. The number of nitrogens with one attached hydrogen (secondary N) is 3. The summed E-state index contributed by atoms with van der Waals surface area (Å²) in [6.45, 7) is 0.563. The molecule has 2 aromatic carbocycles. The van der Waals surface area contributed by atoms with Gasteiger partial charge in [-0.3, -0.25) is 14.4 Å². The molecule has 2 amide bonds. The van der Waals surface area contributed by atoms with Gasteiger partial charge in [0.1, 0.15) is 17.2 Å². The number of rotatable bonds is 9. The van der Waals surface area contributed by atoms with Crippen LogP contribution >= 0.6 is 0 Å². The van der Waals surface area contributed by atoms with Crippen LogP contribution in [0.4, 0.5) is 0 Å². The van der Waals surface area contributed by atoms with Crippen LogP contribution in [0.5, 0.6) is 11.5 Å². The molecule has 35 heavy (non-hydrogen) atoms. The second-order valence-electron chi connectivity index (χ2n) is 8.60. The first kappa shape index (κ1) is 24.1. The standard InChI is InChI=1S/C26H29N3O6/c1-34-21-11-6-18-14-23(29-22(18)15-21)25(31)28-13-12-27-24(30)16-2-7-19(8-3-16)35-20-9-4-17(5-10-20)26(32)33/h2-3,6-8,11,14-15,17,20,29H,4-5,9-10,12-13H2,1H3,(H,27,30)(H,28,31)(H,32,33). The highest BCUT2D eigenvalue weighted by Gasteiger charge is 2.26. The number of hydrogen-bond acceptors (Lipinski definition) is 5. The Balaban J connectivity index is 1.19. The van der Waals surface area contributed by atoms with Crippen molar-refractivity contribution < 1.29 is 29.0 Å². The quantitative estimate of drug-likeness (QED) is 0.348. The van der Waals surface area contributed by atoms with Gasteiger partial charge in [-0.1, -0.05) is 0 Å². The van der Waals surface area contributed by atoms with E-state index in [-0.39, 0.29) is 36.9 Å². The van der Waals surface area contributed by atoms with Gasteiger partial charge >= 0.3 is 5.97 Å². The predicted octanol–water partition coefficient (Wildman–Crippen LogP) is 3.36. The minimum absolute atomic E-state index is 0.00631. The summed E-state index contributed by atoms with van der Waals surface area (Å²) in [5.41, 5.74) is 1.73. The van der Waals surface area contributed by atoms with Crippen molar-refractivity contribution in [3.8, 4) is 11.5 Å². The molecule has 0 aliphatic heterocycles. The highest BCUT2D eigenvalue weighted by atomic mass is 16.5. The largest absolute Gasteiger partial charge is 0.497 e. The molecule has 9 nitrogen and oxygen atoms in total. The van der Waals surface area contributed by atoms with Gasteiger partial charge in [0.2, 0.25) is 0 Å². The van der Waals surface area contributed by atoms with E-state index in [4.69, 9.17) is 14.6 Å². The van der Waals surface area contributed by atoms with Gasteiger partial charge in [-0.2, -0.15) is 0 Å². The summed E-state index contributed by atoms with van der Waals surface area (Å²) >= 11 is 0. The number of methoxy groups -OCH3 is 1.